The predicted molar refractivity (Wildman–Crippen MR) is 143 cm³/mol. The Bertz CT molecular complexity index is 1730. The minimum atomic E-state index is -4.70. The van der Waals surface area contributed by atoms with Gasteiger partial charge in [0.2, 0.25) is 0 Å². The van der Waals surface area contributed by atoms with Crippen LogP contribution in [0.25, 0.3) is 11.8 Å². The number of aromatic nitrogens is 3. The van der Waals surface area contributed by atoms with Crippen molar-refractivity contribution in [2.24, 2.45) is 5.41 Å². The molecule has 6 rings (SSSR count). The van der Waals surface area contributed by atoms with Gasteiger partial charge in [0, 0.05) is 25.8 Å². The molecule has 2 aromatic heterocycles. The fourth-order valence-electron chi connectivity index (χ4n) is 5.56. The van der Waals surface area contributed by atoms with Crippen LogP contribution < -0.4 is 11.0 Å². The maximum Gasteiger partial charge on any atom is 0.416 e. The molecule has 0 bridgehead atoms. The number of Topliss-reactive ketones (excluding diaryl/α,β-unsaturated/α-hetero) is 1. The molecule has 1 fully saturated rings. The first-order chi connectivity index (χ1) is 19.9. The van der Waals surface area contributed by atoms with Crippen LogP contribution in [0.1, 0.15) is 40.7 Å². The number of hydrogen-bond donors (Lipinski definition) is 2. The molecule has 1 atom stereocenters. The third kappa shape index (κ3) is 4.66. The Hall–Kier alpha value is -4.08. The molecule has 2 aliphatic heterocycles. The highest BCUT2D eigenvalue weighted by molar-refractivity contribution is 7.92. The second-order valence-corrected chi connectivity index (χ2v) is 12.1. The molecular weight excluding hydrogens is 578 g/mol. The van der Waals surface area contributed by atoms with E-state index in [9.17, 15) is 30.8 Å². The van der Waals surface area contributed by atoms with E-state index in [-0.39, 0.29) is 31.0 Å². The maximum atomic E-state index is 14.2. The van der Waals surface area contributed by atoms with E-state index in [0.717, 1.165) is 12.3 Å². The van der Waals surface area contributed by atoms with E-state index >= 15 is 0 Å². The topological polar surface area (TPSA) is 112 Å². The quantitative estimate of drug-likeness (QED) is 0.326. The summed E-state index contributed by atoms with van der Waals surface area (Å²) in [5.41, 5.74) is 4.70. The van der Waals surface area contributed by atoms with E-state index in [1.165, 1.54) is 33.8 Å². The van der Waals surface area contributed by atoms with Crippen LogP contribution in [0.15, 0.2) is 65.6 Å². The van der Waals surface area contributed by atoms with Crippen molar-refractivity contribution in [1.82, 2.24) is 35.0 Å². The first-order valence-corrected chi connectivity index (χ1v) is 14.5. The van der Waals surface area contributed by atoms with Crippen molar-refractivity contribution < 1.29 is 30.8 Å². The Balaban J connectivity index is 1.45. The van der Waals surface area contributed by atoms with E-state index in [2.05, 4.69) is 21.0 Å². The van der Waals surface area contributed by atoms with Crippen molar-refractivity contribution in [2.45, 2.75) is 25.9 Å². The molecule has 1 saturated heterocycles. The highest BCUT2D eigenvalue weighted by Gasteiger charge is 2.52. The number of carbonyl (C=O) groups is 1. The second kappa shape index (κ2) is 10.0. The van der Waals surface area contributed by atoms with Crippen molar-refractivity contribution >= 4 is 21.9 Å². The summed E-state index contributed by atoms with van der Waals surface area (Å²) >= 11 is 0. The number of nitrogens with zero attached hydrogens (tertiary/aromatic N) is 5. The van der Waals surface area contributed by atoms with Crippen LogP contribution in [0.3, 0.4) is 0 Å². The highest BCUT2D eigenvalue weighted by Crippen LogP contribution is 2.47. The molecule has 0 amide bonds. The number of halogens is 4. The summed E-state index contributed by atoms with van der Waals surface area (Å²) in [5, 5.41) is 5.84. The number of rotatable bonds is 6. The van der Waals surface area contributed by atoms with Gasteiger partial charge in [-0.05, 0) is 67.8 Å². The van der Waals surface area contributed by atoms with Crippen LogP contribution in [0.5, 0.6) is 0 Å². The van der Waals surface area contributed by atoms with Crippen LogP contribution in [0.4, 0.5) is 17.6 Å². The van der Waals surface area contributed by atoms with Crippen molar-refractivity contribution in [1.29, 1.82) is 0 Å². The van der Waals surface area contributed by atoms with Crippen molar-refractivity contribution in [2.75, 3.05) is 19.6 Å². The molecule has 2 N–H and O–H groups in total. The van der Waals surface area contributed by atoms with Crippen LogP contribution in [-0.2, 0) is 22.6 Å². The predicted octanol–water partition coefficient (Wildman–Crippen LogP) is 3.41. The van der Waals surface area contributed by atoms with Crippen LogP contribution in [0.2, 0.25) is 0 Å². The number of hydrazine groups is 2. The first-order valence-electron chi connectivity index (χ1n) is 13.0. The van der Waals surface area contributed by atoms with Gasteiger partial charge >= 0.3 is 6.18 Å². The average molecular weight is 604 g/mol. The summed E-state index contributed by atoms with van der Waals surface area (Å²) in [7, 11) is -4.12. The van der Waals surface area contributed by atoms with Gasteiger partial charge in [-0.1, -0.05) is 5.57 Å². The van der Waals surface area contributed by atoms with E-state index in [4.69, 9.17) is 0 Å². The van der Waals surface area contributed by atoms with Gasteiger partial charge in [-0.2, -0.15) is 22.6 Å². The average Bonchev–Trinajstić information content (AvgIpc) is 3.63. The van der Waals surface area contributed by atoms with Gasteiger partial charge in [-0.25, -0.2) is 17.5 Å². The van der Waals surface area contributed by atoms with Gasteiger partial charge in [-0.3, -0.25) is 20.2 Å². The normalized spacial score (nSPS) is 20.8. The number of nitrogens with one attached hydrogen (secondary N) is 2. The molecule has 42 heavy (non-hydrogen) atoms. The summed E-state index contributed by atoms with van der Waals surface area (Å²) in [6, 6.07) is 7.15. The number of pyridine rings is 1. The van der Waals surface area contributed by atoms with Gasteiger partial charge in [0.15, 0.2) is 10.8 Å². The van der Waals surface area contributed by atoms with E-state index in [0.29, 0.717) is 35.1 Å². The van der Waals surface area contributed by atoms with Gasteiger partial charge in [0.25, 0.3) is 10.0 Å². The number of alkyl halides is 3. The van der Waals surface area contributed by atoms with E-state index in [1.807, 2.05) is 6.92 Å². The summed E-state index contributed by atoms with van der Waals surface area (Å²) in [4.78, 5) is 18.2. The zero-order valence-corrected chi connectivity index (χ0v) is 23.0. The molecule has 3 aliphatic rings. The molecule has 1 aliphatic carbocycles. The highest BCUT2D eigenvalue weighted by atomic mass is 32.2. The molecule has 0 unspecified atom stereocenters. The lowest BCUT2D eigenvalue weighted by Gasteiger charge is -2.44. The largest absolute Gasteiger partial charge is 0.416 e. The number of carbonyl (C=O) groups excluding carboxylic acids is 1. The number of hydrogen-bond acceptors (Lipinski definition) is 8. The molecule has 4 heterocycles. The van der Waals surface area contributed by atoms with Crippen molar-refractivity contribution in [3.63, 3.8) is 0 Å². The standard InChI is InChI=1S/C27H25F4N7O3S/c1-2-36-15-24(34-35-36)42(40,41)37-10-8-18-12-23-17(14-33-38(23)21-5-3-20(28)4-6-21)13-26(18,16-37)25(39)22-11-19(7-9-32-22)27(29,30)31/h3-7,9,11-12,14-15,34-35H,2,8,10,13,16H2,1H3/t26-/m0/s1. The molecule has 220 valence electrons. The lowest BCUT2D eigenvalue weighted by Crippen LogP contribution is -2.54. The molecule has 0 spiro atoms. The fraction of sp³-hybridized carbons (Fsp3) is 0.296. The van der Waals surface area contributed by atoms with E-state index < -0.39 is 44.5 Å². The Labute approximate surface area is 238 Å². The zero-order valence-electron chi connectivity index (χ0n) is 22.2. The molecular formula is C27H25F4N7O3S. The van der Waals surface area contributed by atoms with E-state index in [1.54, 1.807) is 22.9 Å². The molecule has 0 radical (unpaired) electrons. The Morgan fingerprint density at radius 3 is 2.62 bits per heavy atom. The summed E-state index contributed by atoms with van der Waals surface area (Å²) < 4.78 is 84.3. The Kier molecular flexibility index (Phi) is 6.70. The number of ketones is 1. The molecule has 1 aromatic carbocycles. The van der Waals surface area contributed by atoms with Crippen LogP contribution in [0, 0.1) is 11.2 Å². The number of piperidine rings is 1. The fourth-order valence-corrected chi connectivity index (χ4v) is 6.99. The zero-order chi connectivity index (χ0) is 29.9. The summed E-state index contributed by atoms with van der Waals surface area (Å²) in [5.74, 6) is -1.14. The minimum absolute atomic E-state index is 0.0239. The minimum Gasteiger partial charge on any atom is -0.296 e. The third-order valence-corrected chi connectivity index (χ3v) is 9.52. The lowest BCUT2D eigenvalue weighted by molar-refractivity contribution is -0.137. The van der Waals surface area contributed by atoms with Gasteiger partial charge in [-0.15, -0.1) is 5.53 Å². The van der Waals surface area contributed by atoms with Crippen molar-refractivity contribution in [3.05, 3.63) is 93.9 Å². The number of fused-ring (bicyclic) bond motifs is 2. The lowest BCUT2D eigenvalue weighted by atomic mass is 9.65. The molecule has 10 nitrogen and oxygen atoms in total. The van der Waals surface area contributed by atoms with Crippen LogP contribution in [-0.4, -0.2) is 57.9 Å². The molecule has 3 aromatic rings. The summed E-state index contributed by atoms with van der Waals surface area (Å²) in [6.45, 7) is 2.01. The Morgan fingerprint density at radius 1 is 1.17 bits per heavy atom. The Morgan fingerprint density at radius 2 is 1.93 bits per heavy atom. The SMILES string of the molecule is CCN1C=C(S(=O)(=O)N2CCC3=Cc4c(cnn4-c4ccc(F)cc4)C[C@]3(C(=O)c3cc(C(F)(F)F)ccn3)C2)NN1. The maximum absolute atomic E-state index is 14.2. The first kappa shape index (κ1) is 28.1. The van der Waals surface area contributed by atoms with Gasteiger partial charge in [0.05, 0.1) is 34.8 Å². The molecule has 0 saturated carbocycles. The summed E-state index contributed by atoms with van der Waals surface area (Å²) in [6.07, 6.45) is 0.989. The second-order valence-electron chi connectivity index (χ2n) is 10.2. The molecule has 15 heteroatoms. The smallest absolute Gasteiger partial charge is 0.296 e. The van der Waals surface area contributed by atoms with Crippen LogP contribution >= 0.6 is 0 Å². The monoisotopic (exact) mass is 603 g/mol. The third-order valence-electron chi connectivity index (χ3n) is 7.76. The number of sulfonamides is 1. The van der Waals surface area contributed by atoms with Gasteiger partial charge in [0.1, 0.15) is 11.5 Å². The van der Waals surface area contributed by atoms with Crippen molar-refractivity contribution in [3.8, 4) is 5.69 Å². The number of benzene rings is 1. The van der Waals surface area contributed by atoms with Gasteiger partial charge < -0.3 is 0 Å².